The molecule has 0 heterocycles. The van der Waals surface area contributed by atoms with Gasteiger partial charge in [-0.25, -0.2) is 0 Å². The van der Waals surface area contributed by atoms with Crippen molar-refractivity contribution in [2.24, 2.45) is 0 Å². The van der Waals surface area contributed by atoms with Gasteiger partial charge >= 0.3 is 0 Å². The largest absolute Gasteiger partial charge is 0.496 e. The summed E-state index contributed by atoms with van der Waals surface area (Å²) >= 11 is 0. The highest BCUT2D eigenvalue weighted by Gasteiger charge is 1.99. The van der Waals surface area contributed by atoms with Crippen LogP contribution in [0, 0.1) is 11.8 Å². The van der Waals surface area contributed by atoms with Crippen LogP contribution in [0.1, 0.15) is 11.1 Å². The topological polar surface area (TPSA) is 21.3 Å². The molecule has 0 bridgehead atoms. The van der Waals surface area contributed by atoms with Crippen molar-refractivity contribution < 1.29 is 4.74 Å². The summed E-state index contributed by atoms with van der Waals surface area (Å²) in [6.45, 7) is 1.59. The molecule has 0 saturated heterocycles. The number of hydrogen-bond donors (Lipinski definition) is 1. The second-order valence-corrected chi connectivity index (χ2v) is 4.41. The molecule has 0 unspecified atom stereocenters. The van der Waals surface area contributed by atoms with Crippen LogP contribution >= 0.6 is 0 Å². The number of rotatable bonds is 5. The number of ether oxygens (including phenoxy) is 1. The molecule has 1 N–H and O–H groups in total. The maximum absolute atomic E-state index is 5.33. The predicted octanol–water partition coefficient (Wildman–Crippen LogP) is 2.88. The smallest absolute Gasteiger partial charge is 0.122 e. The zero-order chi connectivity index (χ0) is 14.0. The minimum atomic E-state index is 0.698. The first-order valence-corrected chi connectivity index (χ1v) is 6.76. The summed E-state index contributed by atoms with van der Waals surface area (Å²) in [5.41, 5.74) is 2.28. The zero-order valence-electron chi connectivity index (χ0n) is 11.7. The van der Waals surface area contributed by atoms with Crippen LogP contribution in [0.5, 0.6) is 5.75 Å². The van der Waals surface area contributed by atoms with E-state index in [0.29, 0.717) is 6.54 Å². The first-order chi connectivity index (χ1) is 9.90. The van der Waals surface area contributed by atoms with Gasteiger partial charge in [0.05, 0.1) is 13.7 Å². The lowest BCUT2D eigenvalue weighted by atomic mass is 10.1. The van der Waals surface area contributed by atoms with E-state index in [1.807, 2.05) is 48.5 Å². The highest BCUT2D eigenvalue weighted by atomic mass is 16.5. The Morgan fingerprint density at radius 1 is 1.00 bits per heavy atom. The van der Waals surface area contributed by atoms with Crippen LogP contribution in [0.2, 0.25) is 0 Å². The summed E-state index contributed by atoms with van der Waals surface area (Å²) < 4.78 is 5.33. The molecule has 2 aromatic carbocycles. The number of para-hydroxylation sites is 1. The van der Waals surface area contributed by atoms with Gasteiger partial charge in [0.25, 0.3) is 0 Å². The van der Waals surface area contributed by atoms with Crippen LogP contribution in [0.15, 0.2) is 54.6 Å². The SMILES string of the molecule is COc1ccccc1CCNCC#Cc1ccccc1. The second kappa shape index (κ2) is 8.04. The molecule has 0 aliphatic carbocycles. The average Bonchev–Trinajstić information content (AvgIpc) is 2.52. The Balaban J connectivity index is 1.73. The number of benzene rings is 2. The fraction of sp³-hybridized carbons (Fsp3) is 0.222. The van der Waals surface area contributed by atoms with E-state index in [2.05, 4.69) is 23.2 Å². The van der Waals surface area contributed by atoms with Crippen molar-refractivity contribution >= 4 is 0 Å². The van der Waals surface area contributed by atoms with Crippen molar-refractivity contribution in [3.8, 4) is 17.6 Å². The molecule has 2 heteroatoms. The standard InChI is InChI=1S/C18H19NO/c1-20-18-12-6-5-11-17(18)13-15-19-14-7-10-16-8-3-2-4-9-16/h2-6,8-9,11-12,19H,13-15H2,1H3. The fourth-order valence-corrected chi connectivity index (χ4v) is 1.95. The lowest BCUT2D eigenvalue weighted by Gasteiger charge is -2.07. The van der Waals surface area contributed by atoms with Crippen LogP contribution in [0.25, 0.3) is 0 Å². The van der Waals surface area contributed by atoms with Crippen molar-refractivity contribution in [2.75, 3.05) is 20.2 Å². The molecule has 2 nitrogen and oxygen atoms in total. The molecular formula is C18H19NO. The zero-order valence-corrected chi connectivity index (χ0v) is 11.7. The van der Waals surface area contributed by atoms with E-state index in [9.17, 15) is 0 Å². The predicted molar refractivity (Wildman–Crippen MR) is 82.9 cm³/mol. The Kier molecular flexibility index (Phi) is 5.70. The molecule has 20 heavy (non-hydrogen) atoms. The van der Waals surface area contributed by atoms with Crippen molar-refractivity contribution in [3.63, 3.8) is 0 Å². The molecule has 0 saturated carbocycles. The van der Waals surface area contributed by atoms with E-state index >= 15 is 0 Å². The van der Waals surface area contributed by atoms with E-state index in [-0.39, 0.29) is 0 Å². The number of nitrogens with one attached hydrogen (secondary N) is 1. The van der Waals surface area contributed by atoms with Gasteiger partial charge in [0.1, 0.15) is 5.75 Å². The Labute approximate surface area is 120 Å². The van der Waals surface area contributed by atoms with Crippen LogP contribution in [-0.4, -0.2) is 20.2 Å². The molecule has 102 valence electrons. The summed E-state index contributed by atoms with van der Waals surface area (Å²) in [6.07, 6.45) is 0.941. The lowest BCUT2D eigenvalue weighted by molar-refractivity contribution is 0.409. The third-order valence-corrected chi connectivity index (χ3v) is 2.98. The second-order valence-electron chi connectivity index (χ2n) is 4.41. The molecule has 0 aromatic heterocycles. The van der Waals surface area contributed by atoms with Gasteiger partial charge in [-0.2, -0.15) is 0 Å². The minimum absolute atomic E-state index is 0.698. The summed E-state index contributed by atoms with van der Waals surface area (Å²) in [7, 11) is 1.71. The maximum Gasteiger partial charge on any atom is 0.122 e. The highest BCUT2D eigenvalue weighted by molar-refractivity contribution is 5.34. The third kappa shape index (κ3) is 4.46. The van der Waals surface area contributed by atoms with Gasteiger partial charge in [-0.05, 0) is 30.2 Å². The van der Waals surface area contributed by atoms with Crippen molar-refractivity contribution in [1.82, 2.24) is 5.32 Å². The van der Waals surface area contributed by atoms with E-state index < -0.39 is 0 Å². The van der Waals surface area contributed by atoms with Crippen molar-refractivity contribution in [2.45, 2.75) is 6.42 Å². The normalized spacial score (nSPS) is 9.65. The summed E-state index contributed by atoms with van der Waals surface area (Å²) in [6, 6.07) is 18.1. The molecule has 0 spiro atoms. The van der Waals surface area contributed by atoms with Gasteiger partial charge in [0.15, 0.2) is 0 Å². The monoisotopic (exact) mass is 265 g/mol. The number of methoxy groups -OCH3 is 1. The molecule has 0 aliphatic heterocycles. The Hall–Kier alpha value is -2.24. The first kappa shape index (κ1) is 14.2. The Morgan fingerprint density at radius 2 is 1.75 bits per heavy atom. The average molecular weight is 265 g/mol. The van der Waals surface area contributed by atoms with Gasteiger partial charge in [0.2, 0.25) is 0 Å². The van der Waals surface area contributed by atoms with E-state index in [0.717, 1.165) is 24.3 Å². The van der Waals surface area contributed by atoms with Crippen LogP contribution in [0.4, 0.5) is 0 Å². The molecule has 0 radical (unpaired) electrons. The summed E-state index contributed by atoms with van der Waals surface area (Å²) in [5.74, 6) is 7.20. The van der Waals surface area contributed by atoms with Gasteiger partial charge in [-0.1, -0.05) is 48.2 Å². The van der Waals surface area contributed by atoms with Gasteiger partial charge in [0, 0.05) is 12.1 Å². The molecule has 0 atom stereocenters. The lowest BCUT2D eigenvalue weighted by Crippen LogP contribution is -2.17. The Morgan fingerprint density at radius 3 is 2.55 bits per heavy atom. The molecule has 2 rings (SSSR count). The van der Waals surface area contributed by atoms with E-state index in [4.69, 9.17) is 4.74 Å². The van der Waals surface area contributed by atoms with Gasteiger partial charge < -0.3 is 10.1 Å². The maximum atomic E-state index is 5.33. The van der Waals surface area contributed by atoms with E-state index in [1.54, 1.807) is 7.11 Å². The molecule has 0 fully saturated rings. The molecule has 2 aromatic rings. The van der Waals surface area contributed by atoms with Crippen molar-refractivity contribution in [1.29, 1.82) is 0 Å². The van der Waals surface area contributed by atoms with Crippen LogP contribution in [0.3, 0.4) is 0 Å². The first-order valence-electron chi connectivity index (χ1n) is 6.76. The molecular weight excluding hydrogens is 246 g/mol. The number of hydrogen-bond acceptors (Lipinski definition) is 2. The van der Waals surface area contributed by atoms with Crippen LogP contribution < -0.4 is 10.1 Å². The highest BCUT2D eigenvalue weighted by Crippen LogP contribution is 2.16. The molecule has 0 amide bonds. The van der Waals surface area contributed by atoms with E-state index in [1.165, 1.54) is 5.56 Å². The van der Waals surface area contributed by atoms with Gasteiger partial charge in [-0.15, -0.1) is 0 Å². The Bertz CT molecular complexity index is 581. The summed E-state index contributed by atoms with van der Waals surface area (Å²) in [4.78, 5) is 0. The summed E-state index contributed by atoms with van der Waals surface area (Å²) in [5, 5.41) is 3.33. The van der Waals surface area contributed by atoms with Crippen LogP contribution in [-0.2, 0) is 6.42 Å². The quantitative estimate of drug-likeness (QED) is 0.663. The third-order valence-electron chi connectivity index (χ3n) is 2.98. The van der Waals surface area contributed by atoms with Crippen molar-refractivity contribution in [3.05, 3.63) is 65.7 Å². The van der Waals surface area contributed by atoms with Gasteiger partial charge in [-0.3, -0.25) is 0 Å². The molecule has 0 aliphatic rings. The fourth-order valence-electron chi connectivity index (χ4n) is 1.95. The minimum Gasteiger partial charge on any atom is -0.496 e.